The van der Waals surface area contributed by atoms with Gasteiger partial charge in [0.05, 0.1) is 11.7 Å². The lowest BCUT2D eigenvalue weighted by Crippen LogP contribution is -1.93. The van der Waals surface area contributed by atoms with Crippen LogP contribution in [0.2, 0.25) is 0 Å². The molecule has 0 fully saturated rings. The van der Waals surface area contributed by atoms with Crippen LogP contribution in [0.3, 0.4) is 0 Å². The Bertz CT molecular complexity index is 432. The fourth-order valence-electron chi connectivity index (χ4n) is 1.44. The van der Waals surface area contributed by atoms with Crippen molar-refractivity contribution in [3.05, 3.63) is 29.7 Å². The number of hydrogen-bond donors (Lipinski definition) is 0. The highest BCUT2D eigenvalue weighted by atomic mass is 19.1. The molecule has 0 aliphatic carbocycles. The lowest BCUT2D eigenvalue weighted by Gasteiger charge is -1.99. The van der Waals surface area contributed by atoms with Crippen molar-refractivity contribution in [1.29, 1.82) is 0 Å². The molecule has 14 heavy (non-hydrogen) atoms. The number of rotatable bonds is 0. The van der Waals surface area contributed by atoms with Crippen LogP contribution >= 0.6 is 0 Å². The van der Waals surface area contributed by atoms with E-state index in [1.54, 1.807) is 23.9 Å². The first-order chi connectivity index (χ1) is 6.70. The van der Waals surface area contributed by atoms with E-state index in [-0.39, 0.29) is 5.82 Å². The van der Waals surface area contributed by atoms with E-state index in [9.17, 15) is 4.39 Å². The third kappa shape index (κ3) is 1.62. The first-order valence-corrected chi connectivity index (χ1v) is 4.77. The summed E-state index contributed by atoms with van der Waals surface area (Å²) >= 11 is 0. The Hall–Kier alpha value is -1.38. The first kappa shape index (κ1) is 10.7. The highest BCUT2D eigenvalue weighted by Crippen LogP contribution is 2.19. The molecule has 0 aliphatic rings. The van der Waals surface area contributed by atoms with E-state index < -0.39 is 0 Å². The average molecular weight is 194 g/mol. The summed E-state index contributed by atoms with van der Waals surface area (Å²) in [5, 5.41) is 5.03. The molecule has 76 valence electrons. The topological polar surface area (TPSA) is 17.8 Å². The van der Waals surface area contributed by atoms with E-state index in [4.69, 9.17) is 0 Å². The first-order valence-electron chi connectivity index (χ1n) is 4.77. The molecule has 0 unspecified atom stereocenters. The SMILES string of the molecule is CC.Cc1c(F)ccc2cnn(C)c12. The molecule has 1 aromatic carbocycles. The quantitative estimate of drug-likeness (QED) is 0.630. The summed E-state index contributed by atoms with van der Waals surface area (Å²) in [5.41, 5.74) is 1.53. The van der Waals surface area contributed by atoms with E-state index in [1.165, 1.54) is 6.07 Å². The van der Waals surface area contributed by atoms with Gasteiger partial charge in [-0.15, -0.1) is 0 Å². The molecule has 3 heteroatoms. The highest BCUT2D eigenvalue weighted by molar-refractivity contribution is 5.81. The molecule has 2 rings (SSSR count). The second-order valence-electron chi connectivity index (χ2n) is 2.88. The van der Waals surface area contributed by atoms with Crippen molar-refractivity contribution in [2.75, 3.05) is 0 Å². The minimum Gasteiger partial charge on any atom is -0.268 e. The second-order valence-corrected chi connectivity index (χ2v) is 2.88. The minimum atomic E-state index is -0.175. The molecule has 0 N–H and O–H groups in total. The van der Waals surface area contributed by atoms with Gasteiger partial charge in [0.15, 0.2) is 0 Å². The van der Waals surface area contributed by atoms with Crippen LogP contribution in [0, 0.1) is 12.7 Å². The molecule has 0 amide bonds. The maximum atomic E-state index is 13.1. The Kier molecular flexibility index (Phi) is 3.23. The van der Waals surface area contributed by atoms with Crippen molar-refractivity contribution in [3.8, 4) is 0 Å². The zero-order chi connectivity index (χ0) is 10.7. The van der Waals surface area contributed by atoms with Gasteiger partial charge in [-0.2, -0.15) is 5.10 Å². The van der Waals surface area contributed by atoms with E-state index in [1.807, 2.05) is 20.9 Å². The van der Waals surface area contributed by atoms with Crippen LogP contribution in [0.25, 0.3) is 10.9 Å². The van der Waals surface area contributed by atoms with Crippen molar-refractivity contribution >= 4 is 10.9 Å². The van der Waals surface area contributed by atoms with Gasteiger partial charge in [0.1, 0.15) is 5.82 Å². The van der Waals surface area contributed by atoms with Crippen molar-refractivity contribution in [1.82, 2.24) is 9.78 Å². The number of aryl methyl sites for hydroxylation is 2. The van der Waals surface area contributed by atoms with Gasteiger partial charge in [0.25, 0.3) is 0 Å². The van der Waals surface area contributed by atoms with E-state index >= 15 is 0 Å². The Morgan fingerprint density at radius 3 is 2.57 bits per heavy atom. The van der Waals surface area contributed by atoms with Gasteiger partial charge in [0, 0.05) is 18.0 Å². The summed E-state index contributed by atoms with van der Waals surface area (Å²) in [6.45, 7) is 5.76. The van der Waals surface area contributed by atoms with Crippen molar-refractivity contribution in [3.63, 3.8) is 0 Å². The van der Waals surface area contributed by atoms with Crippen LogP contribution in [0.4, 0.5) is 4.39 Å². The Labute approximate surface area is 83.4 Å². The normalized spacial score (nSPS) is 9.79. The smallest absolute Gasteiger partial charge is 0.128 e. The summed E-state index contributed by atoms with van der Waals surface area (Å²) in [6, 6.07) is 3.21. The fourth-order valence-corrected chi connectivity index (χ4v) is 1.44. The molecular weight excluding hydrogens is 179 g/mol. The summed E-state index contributed by atoms with van der Waals surface area (Å²) in [6.07, 6.45) is 1.74. The Balaban J connectivity index is 0.000000461. The molecule has 0 atom stereocenters. The van der Waals surface area contributed by atoms with Gasteiger partial charge in [-0.1, -0.05) is 13.8 Å². The average Bonchev–Trinajstić information content (AvgIpc) is 2.58. The number of aromatic nitrogens is 2. The third-order valence-electron chi connectivity index (χ3n) is 2.09. The molecule has 0 bridgehead atoms. The van der Waals surface area contributed by atoms with Crippen LogP contribution in [-0.4, -0.2) is 9.78 Å². The molecule has 0 saturated heterocycles. The second kappa shape index (κ2) is 4.22. The number of halogens is 1. The summed E-state index contributed by atoms with van der Waals surface area (Å²) in [7, 11) is 1.81. The standard InChI is InChI=1S/C9H9FN2.C2H6/c1-6-8(10)4-3-7-5-11-12(2)9(6)7;1-2/h3-5H,1-2H3;1-2H3. The van der Waals surface area contributed by atoms with Gasteiger partial charge in [0.2, 0.25) is 0 Å². The maximum Gasteiger partial charge on any atom is 0.128 e. The molecule has 0 saturated carbocycles. The van der Waals surface area contributed by atoms with Gasteiger partial charge in [-0.05, 0) is 19.1 Å². The van der Waals surface area contributed by atoms with Gasteiger partial charge < -0.3 is 0 Å². The minimum absolute atomic E-state index is 0.175. The largest absolute Gasteiger partial charge is 0.268 e. The van der Waals surface area contributed by atoms with Crippen molar-refractivity contribution in [2.45, 2.75) is 20.8 Å². The number of fused-ring (bicyclic) bond motifs is 1. The van der Waals surface area contributed by atoms with Crippen LogP contribution < -0.4 is 0 Å². The molecule has 1 heterocycles. The van der Waals surface area contributed by atoms with Crippen LogP contribution in [0.15, 0.2) is 18.3 Å². The molecule has 2 aromatic rings. The highest BCUT2D eigenvalue weighted by Gasteiger charge is 2.05. The lowest BCUT2D eigenvalue weighted by molar-refractivity contribution is 0.619. The van der Waals surface area contributed by atoms with Crippen LogP contribution in [-0.2, 0) is 7.05 Å². The maximum absolute atomic E-state index is 13.1. The molecule has 2 nitrogen and oxygen atoms in total. The monoisotopic (exact) mass is 194 g/mol. The van der Waals surface area contributed by atoms with E-state index in [0.717, 1.165) is 10.9 Å². The Morgan fingerprint density at radius 1 is 1.29 bits per heavy atom. The van der Waals surface area contributed by atoms with Crippen LogP contribution in [0.1, 0.15) is 19.4 Å². The van der Waals surface area contributed by atoms with Gasteiger partial charge in [-0.25, -0.2) is 4.39 Å². The summed E-state index contributed by atoms with van der Waals surface area (Å²) in [5.74, 6) is -0.175. The number of benzene rings is 1. The molecular formula is C11H15FN2. The van der Waals surface area contributed by atoms with Gasteiger partial charge >= 0.3 is 0 Å². The number of hydrogen-bond acceptors (Lipinski definition) is 1. The van der Waals surface area contributed by atoms with Gasteiger partial charge in [-0.3, -0.25) is 4.68 Å². The molecule has 0 radical (unpaired) electrons. The van der Waals surface area contributed by atoms with Crippen molar-refractivity contribution in [2.24, 2.45) is 7.05 Å². The zero-order valence-electron chi connectivity index (χ0n) is 9.00. The number of nitrogens with zero attached hydrogens (tertiary/aromatic N) is 2. The molecule has 0 spiro atoms. The zero-order valence-corrected chi connectivity index (χ0v) is 9.00. The summed E-state index contributed by atoms with van der Waals surface area (Å²) < 4.78 is 14.8. The van der Waals surface area contributed by atoms with Crippen LogP contribution in [0.5, 0.6) is 0 Å². The fraction of sp³-hybridized carbons (Fsp3) is 0.364. The van der Waals surface area contributed by atoms with Crippen molar-refractivity contribution < 1.29 is 4.39 Å². The van der Waals surface area contributed by atoms with E-state index in [0.29, 0.717) is 5.56 Å². The predicted octanol–water partition coefficient (Wildman–Crippen LogP) is 3.05. The molecule has 1 aromatic heterocycles. The van der Waals surface area contributed by atoms with E-state index in [2.05, 4.69) is 5.10 Å². The Morgan fingerprint density at radius 2 is 1.93 bits per heavy atom. The third-order valence-corrected chi connectivity index (χ3v) is 2.09. The lowest BCUT2D eigenvalue weighted by atomic mass is 10.1. The summed E-state index contributed by atoms with van der Waals surface area (Å²) in [4.78, 5) is 0. The predicted molar refractivity (Wildman–Crippen MR) is 56.8 cm³/mol. The molecule has 0 aliphatic heterocycles.